The lowest BCUT2D eigenvalue weighted by molar-refractivity contribution is 0.00544. The molecule has 0 aliphatic carbocycles. The van der Waals surface area contributed by atoms with Gasteiger partial charge < -0.3 is 28.6 Å². The maximum absolute atomic E-state index is 17.6. The number of benzene rings is 3. The molecule has 5 aliphatic heterocycles. The minimum Gasteiger partial charge on any atom is -0.490 e. The molecule has 2 bridgehead atoms. The number of carbonyl (C=O) groups is 1. The number of alkyl halides is 1. The molecule has 5 aliphatic rings. The Kier molecular flexibility index (Phi) is 8.95. The first-order valence-electron chi connectivity index (χ1n) is 19.6. The van der Waals surface area contributed by atoms with Crippen LogP contribution in [0.4, 0.5) is 19.4 Å². The number of hydrogen-bond donors (Lipinski definition) is 0. The number of fused-ring (bicyclic) bond motifs is 7. The first kappa shape index (κ1) is 36.2. The standard InChI is InChI=1S/C42H49F2N5O6/c1-6-24-9-7-10-25-15-28(54-23-51-5)16-29(34(24)25)30-17-33-35-37(36(30)44)45-39(53-22-42-13-8-14-47(42)19-26(43)18-42)46-38(35)48-20-27-11-12-31(32(48)21-52-33)49(27)40(50)55-41(2,3)4/h7,9-10,15-17,26-27,31-32H,6,8,11-14,18-23H2,1-5H3/t26-,27-,31+,32+,42-/m1/s1. The van der Waals surface area contributed by atoms with Gasteiger partial charge in [0.15, 0.2) is 12.6 Å². The van der Waals surface area contributed by atoms with Crippen LogP contribution in [0.15, 0.2) is 36.4 Å². The number of nitrogens with zero attached hydrogens (tertiary/aromatic N) is 5. The summed E-state index contributed by atoms with van der Waals surface area (Å²) in [7, 11) is 1.56. The van der Waals surface area contributed by atoms with Gasteiger partial charge in [0.05, 0.1) is 29.1 Å². The van der Waals surface area contributed by atoms with Gasteiger partial charge >= 0.3 is 12.1 Å². The molecule has 0 unspecified atom stereocenters. The topological polar surface area (TPSA) is 98.7 Å². The van der Waals surface area contributed by atoms with Gasteiger partial charge in [-0.05, 0) is 99.5 Å². The van der Waals surface area contributed by atoms with E-state index in [1.807, 2.05) is 49.9 Å². The van der Waals surface area contributed by atoms with Gasteiger partial charge in [-0.15, -0.1) is 0 Å². The number of carbonyl (C=O) groups excluding carboxylic acids is 1. The van der Waals surface area contributed by atoms with Crippen molar-refractivity contribution in [3.63, 3.8) is 0 Å². The zero-order valence-corrected chi connectivity index (χ0v) is 32.2. The highest BCUT2D eigenvalue weighted by Gasteiger charge is 2.52. The SMILES string of the molecule is CCc1cccc2cc(OCOC)cc(-c3cc4c5c(nc(OC[C@]67CCCN6C[C@H](F)C7)nc5c3F)N3C[C@H]5CC[C@@H]([C@@H]3CO4)N5C(=O)OC(C)(C)C)c12. The number of piperazine rings is 1. The zero-order valence-electron chi connectivity index (χ0n) is 32.2. The van der Waals surface area contributed by atoms with Crippen molar-refractivity contribution >= 4 is 33.6 Å². The van der Waals surface area contributed by atoms with Crippen molar-refractivity contribution in [1.82, 2.24) is 19.8 Å². The largest absolute Gasteiger partial charge is 0.490 e. The second-order valence-electron chi connectivity index (χ2n) is 16.8. The summed E-state index contributed by atoms with van der Waals surface area (Å²) in [6.45, 7) is 9.83. The molecule has 9 rings (SSSR count). The van der Waals surface area contributed by atoms with Gasteiger partial charge in [0.1, 0.15) is 47.8 Å². The van der Waals surface area contributed by atoms with Crippen molar-refractivity contribution in [2.75, 3.05) is 51.7 Å². The molecule has 6 heterocycles. The highest BCUT2D eigenvalue weighted by molar-refractivity contribution is 6.05. The number of amides is 1. The van der Waals surface area contributed by atoms with Gasteiger partial charge in [0.25, 0.3) is 0 Å². The second-order valence-corrected chi connectivity index (χ2v) is 16.8. The number of methoxy groups -OCH3 is 1. The molecule has 292 valence electrons. The number of aromatic nitrogens is 2. The van der Waals surface area contributed by atoms with E-state index in [2.05, 4.69) is 22.8 Å². The molecule has 0 N–H and O–H groups in total. The third kappa shape index (κ3) is 6.18. The number of anilines is 1. The Labute approximate surface area is 319 Å². The molecule has 11 nitrogen and oxygen atoms in total. The fourth-order valence-corrected chi connectivity index (χ4v) is 9.89. The smallest absolute Gasteiger partial charge is 0.410 e. The predicted molar refractivity (Wildman–Crippen MR) is 204 cm³/mol. The van der Waals surface area contributed by atoms with Crippen LogP contribution in [0.5, 0.6) is 17.5 Å². The minimum atomic E-state index is -0.922. The fourth-order valence-electron chi connectivity index (χ4n) is 9.89. The summed E-state index contributed by atoms with van der Waals surface area (Å²) < 4.78 is 62.6. The predicted octanol–water partition coefficient (Wildman–Crippen LogP) is 7.44. The molecule has 4 fully saturated rings. The Morgan fingerprint density at radius 1 is 1.05 bits per heavy atom. The fraction of sp³-hybridized carbons (Fsp3) is 0.548. The maximum atomic E-state index is 17.6. The van der Waals surface area contributed by atoms with Gasteiger partial charge in [-0.3, -0.25) is 9.80 Å². The van der Waals surface area contributed by atoms with Crippen LogP contribution in [-0.4, -0.2) is 108 Å². The minimum absolute atomic E-state index is 0.0338. The summed E-state index contributed by atoms with van der Waals surface area (Å²) in [5.74, 6) is 0.959. The molecule has 13 heteroatoms. The van der Waals surface area contributed by atoms with E-state index in [9.17, 15) is 9.18 Å². The van der Waals surface area contributed by atoms with Crippen molar-refractivity contribution in [3.05, 3.63) is 47.8 Å². The highest BCUT2D eigenvalue weighted by Crippen LogP contribution is 2.48. The molecule has 0 saturated carbocycles. The van der Waals surface area contributed by atoms with E-state index in [-0.39, 0.29) is 55.8 Å². The normalized spacial score (nSPS) is 25.9. The van der Waals surface area contributed by atoms with Crippen LogP contribution in [-0.2, 0) is 15.9 Å². The van der Waals surface area contributed by atoms with Gasteiger partial charge in [-0.2, -0.15) is 9.97 Å². The van der Waals surface area contributed by atoms with Gasteiger partial charge in [-0.1, -0.05) is 25.1 Å². The summed E-state index contributed by atoms with van der Waals surface area (Å²) >= 11 is 0. The Morgan fingerprint density at radius 2 is 1.91 bits per heavy atom. The number of rotatable bonds is 8. The molecule has 1 aromatic heterocycles. The van der Waals surface area contributed by atoms with Gasteiger partial charge in [-0.25, -0.2) is 13.6 Å². The summed E-state index contributed by atoms with van der Waals surface area (Å²) in [5, 5.41) is 2.27. The number of halogens is 2. The van der Waals surface area contributed by atoms with Crippen molar-refractivity contribution in [3.8, 4) is 28.6 Å². The van der Waals surface area contributed by atoms with E-state index in [4.69, 9.17) is 33.7 Å². The molecule has 0 radical (unpaired) electrons. The van der Waals surface area contributed by atoms with Crippen molar-refractivity contribution in [1.29, 1.82) is 0 Å². The molecule has 3 aromatic carbocycles. The lowest BCUT2D eigenvalue weighted by Gasteiger charge is -2.46. The van der Waals surface area contributed by atoms with E-state index >= 15 is 4.39 Å². The van der Waals surface area contributed by atoms with Crippen LogP contribution in [0, 0.1) is 5.82 Å². The highest BCUT2D eigenvalue weighted by atomic mass is 19.1. The van der Waals surface area contributed by atoms with Crippen LogP contribution >= 0.6 is 0 Å². The quantitative estimate of drug-likeness (QED) is 0.169. The van der Waals surface area contributed by atoms with E-state index in [0.29, 0.717) is 53.3 Å². The number of ether oxygens (including phenoxy) is 5. The summed E-state index contributed by atoms with van der Waals surface area (Å²) in [4.78, 5) is 29.7. The second kappa shape index (κ2) is 13.6. The number of aryl methyl sites for hydroxylation is 1. The average Bonchev–Trinajstić information content (AvgIpc) is 3.76. The van der Waals surface area contributed by atoms with E-state index in [1.165, 1.54) is 0 Å². The number of hydrogen-bond acceptors (Lipinski definition) is 10. The molecule has 1 amide bonds. The lowest BCUT2D eigenvalue weighted by atomic mass is 9.92. The van der Waals surface area contributed by atoms with Crippen LogP contribution in [0.1, 0.15) is 65.4 Å². The van der Waals surface area contributed by atoms with Crippen molar-refractivity contribution < 1.29 is 37.3 Å². The van der Waals surface area contributed by atoms with Gasteiger partial charge in [0, 0.05) is 32.2 Å². The monoisotopic (exact) mass is 757 g/mol. The molecule has 4 saturated heterocycles. The Balaban J connectivity index is 1.20. The Bertz CT molecular complexity index is 2160. The molecule has 5 atom stereocenters. The Morgan fingerprint density at radius 3 is 2.71 bits per heavy atom. The van der Waals surface area contributed by atoms with Crippen LogP contribution in [0.3, 0.4) is 0 Å². The van der Waals surface area contributed by atoms with Crippen LogP contribution < -0.4 is 19.1 Å². The molecule has 4 aromatic rings. The maximum Gasteiger partial charge on any atom is 0.410 e. The third-order valence-electron chi connectivity index (χ3n) is 12.2. The van der Waals surface area contributed by atoms with E-state index in [1.54, 1.807) is 13.2 Å². The molecular formula is C42H49F2N5O6. The summed E-state index contributed by atoms with van der Waals surface area (Å²) in [6, 6.07) is 11.0. The summed E-state index contributed by atoms with van der Waals surface area (Å²) in [5.41, 5.74) is 0.992. The van der Waals surface area contributed by atoms with E-state index in [0.717, 1.165) is 55.0 Å². The molecular weight excluding hydrogens is 708 g/mol. The first-order valence-corrected chi connectivity index (χ1v) is 19.6. The van der Waals surface area contributed by atoms with Crippen molar-refractivity contribution in [2.24, 2.45) is 0 Å². The third-order valence-corrected chi connectivity index (χ3v) is 12.2. The first-order chi connectivity index (χ1) is 26.5. The lowest BCUT2D eigenvalue weighted by Crippen LogP contribution is -2.63. The Hall–Kier alpha value is -4.49. The molecule has 0 spiro atoms. The zero-order chi connectivity index (χ0) is 38.2. The van der Waals surface area contributed by atoms with Gasteiger partial charge in [0.2, 0.25) is 0 Å². The van der Waals surface area contributed by atoms with E-state index < -0.39 is 23.1 Å². The van der Waals surface area contributed by atoms with Crippen LogP contribution in [0.2, 0.25) is 0 Å². The summed E-state index contributed by atoms with van der Waals surface area (Å²) in [6.07, 6.45) is 3.20. The van der Waals surface area contributed by atoms with Crippen LogP contribution in [0.25, 0.3) is 32.8 Å². The average molecular weight is 758 g/mol. The van der Waals surface area contributed by atoms with Crippen molar-refractivity contribution in [2.45, 2.75) is 102 Å². The molecule has 55 heavy (non-hydrogen) atoms.